The lowest BCUT2D eigenvalue weighted by atomic mass is 10.1. The van der Waals surface area contributed by atoms with Crippen LogP contribution in [0.2, 0.25) is 0 Å². The molecule has 0 aliphatic carbocycles. The zero-order valence-corrected chi connectivity index (χ0v) is 13.8. The van der Waals surface area contributed by atoms with Gasteiger partial charge in [0, 0.05) is 0 Å². The molecule has 11 nitrogen and oxygen atoms in total. The molecule has 0 bridgehead atoms. The van der Waals surface area contributed by atoms with Crippen LogP contribution in [0.3, 0.4) is 0 Å². The molecule has 0 aromatic carbocycles. The molecule has 24 heavy (non-hydrogen) atoms. The maximum atomic E-state index is 11.4. The Balaban J connectivity index is 1.82. The van der Waals surface area contributed by atoms with Crippen molar-refractivity contribution in [2.24, 2.45) is 0 Å². The summed E-state index contributed by atoms with van der Waals surface area (Å²) in [5, 5.41) is 20.3. The number of rotatable bonds is 5. The number of nitrogen functional groups attached to an aromatic ring is 1. The largest absolute Gasteiger partial charge is 0.387 e. The minimum atomic E-state index is -3.96. The molecule has 132 valence electrons. The minimum absolute atomic E-state index is 0.162. The highest BCUT2D eigenvalue weighted by Crippen LogP contribution is 2.44. The van der Waals surface area contributed by atoms with E-state index in [4.69, 9.17) is 26.6 Å². The summed E-state index contributed by atoms with van der Waals surface area (Å²) >= 11 is 5.30. The smallest absolute Gasteiger partial charge is 0.342 e. The van der Waals surface area contributed by atoms with Gasteiger partial charge >= 0.3 is 7.60 Å². The first kappa shape index (κ1) is 17.5. The monoisotopic (exact) mass is 379 g/mol. The Bertz CT molecular complexity index is 789. The molecule has 2 aromatic heterocycles. The highest BCUT2D eigenvalue weighted by molar-refractivity contribution is 7.54. The van der Waals surface area contributed by atoms with Crippen LogP contribution in [0.15, 0.2) is 12.7 Å². The third-order valence-corrected chi connectivity index (χ3v) is 5.35. The molecule has 13 heteroatoms. The molecule has 5 atom stereocenters. The second kappa shape index (κ2) is 6.52. The number of nitrogens with zero attached hydrogens (tertiary/aromatic N) is 4. The van der Waals surface area contributed by atoms with Crippen molar-refractivity contribution in [3.05, 3.63) is 12.7 Å². The summed E-state index contributed by atoms with van der Waals surface area (Å²) < 4.78 is 23.1. The Kier molecular flexibility index (Phi) is 4.76. The zero-order chi connectivity index (χ0) is 17.5. The minimum Gasteiger partial charge on any atom is -0.387 e. The topological polar surface area (TPSA) is 166 Å². The van der Waals surface area contributed by atoms with Crippen molar-refractivity contribution in [1.29, 1.82) is 0 Å². The summed E-state index contributed by atoms with van der Waals surface area (Å²) in [7, 11) is -3.96. The Labute approximate surface area is 140 Å². The van der Waals surface area contributed by atoms with Crippen molar-refractivity contribution in [2.75, 3.05) is 18.0 Å². The van der Waals surface area contributed by atoms with Gasteiger partial charge < -0.3 is 30.1 Å². The van der Waals surface area contributed by atoms with Crippen LogP contribution >= 0.6 is 19.2 Å². The van der Waals surface area contributed by atoms with Crippen molar-refractivity contribution < 1.29 is 28.9 Å². The van der Waals surface area contributed by atoms with E-state index in [0.717, 1.165) is 0 Å². The van der Waals surface area contributed by atoms with E-state index in [9.17, 15) is 19.7 Å². The molecular weight excluding hydrogens is 365 g/mol. The molecule has 5 N–H and O–H groups in total. The van der Waals surface area contributed by atoms with Gasteiger partial charge in [-0.05, 0) is 0 Å². The van der Waals surface area contributed by atoms with E-state index in [-0.39, 0.29) is 5.82 Å². The van der Waals surface area contributed by atoms with Crippen molar-refractivity contribution in [2.45, 2.75) is 24.5 Å². The Morgan fingerprint density at radius 2 is 2.12 bits per heavy atom. The Morgan fingerprint density at radius 1 is 1.38 bits per heavy atom. The average molecular weight is 380 g/mol. The predicted octanol–water partition coefficient (Wildman–Crippen LogP) is -0.574. The quantitative estimate of drug-likeness (QED) is 0.390. The highest BCUT2D eigenvalue weighted by Gasteiger charge is 2.45. The first-order valence-corrected chi connectivity index (χ1v) is 9.10. The Morgan fingerprint density at radius 3 is 2.83 bits per heavy atom. The summed E-state index contributed by atoms with van der Waals surface area (Å²) in [6, 6.07) is 0. The lowest BCUT2D eigenvalue weighted by Crippen LogP contribution is -2.33. The molecule has 2 aromatic rings. The number of alkyl halides is 1. The Hall–Kier alpha value is -1.33. The van der Waals surface area contributed by atoms with Gasteiger partial charge in [0.2, 0.25) is 0 Å². The van der Waals surface area contributed by atoms with Crippen LogP contribution in [0.1, 0.15) is 6.23 Å². The van der Waals surface area contributed by atoms with Gasteiger partial charge in [0.05, 0.1) is 12.9 Å². The normalized spacial score (nSPS) is 29.8. The van der Waals surface area contributed by atoms with Gasteiger partial charge in [-0.2, -0.15) is 0 Å². The highest BCUT2D eigenvalue weighted by atomic mass is 35.5. The number of aromatic nitrogens is 4. The van der Waals surface area contributed by atoms with Gasteiger partial charge in [0.15, 0.2) is 17.7 Å². The number of ether oxygens (including phenoxy) is 1. The number of hydrogen-bond acceptors (Lipinski definition) is 9. The predicted molar refractivity (Wildman–Crippen MR) is 82.2 cm³/mol. The number of nitrogens with two attached hydrogens (primary N) is 1. The standard InChI is InChI=1S/C11H15ClN5O6P/c12-2-24(20,21)22-1-5-7(18)8(19)11(23-5)17-4-16-6-9(13)14-3-15-10(6)17/h3-5,7-8,11,18-19H,1-2H2,(H,20,21)(H2,13,14,15). The van der Waals surface area contributed by atoms with Crippen LogP contribution < -0.4 is 5.73 Å². The lowest BCUT2D eigenvalue weighted by molar-refractivity contribution is -0.0483. The number of halogens is 1. The van der Waals surface area contributed by atoms with Crippen LogP contribution in [0.5, 0.6) is 0 Å². The fraction of sp³-hybridized carbons (Fsp3) is 0.545. The molecule has 0 saturated carbocycles. The SMILES string of the molecule is Nc1ncnc2c1ncn2C1OC(COP(=O)(O)CCl)C(O)C1O. The second-order valence-corrected chi connectivity index (χ2v) is 7.67. The van der Waals surface area contributed by atoms with Crippen molar-refractivity contribution in [3.8, 4) is 0 Å². The van der Waals surface area contributed by atoms with Crippen molar-refractivity contribution >= 4 is 36.2 Å². The lowest BCUT2D eigenvalue weighted by Gasteiger charge is -2.17. The number of hydrogen-bond donors (Lipinski definition) is 4. The summed E-state index contributed by atoms with van der Waals surface area (Å²) in [4.78, 5) is 21.2. The fourth-order valence-corrected chi connectivity index (χ4v) is 3.03. The molecule has 0 spiro atoms. The number of aliphatic hydroxyl groups is 2. The van der Waals surface area contributed by atoms with Crippen LogP contribution in [-0.2, 0) is 13.8 Å². The van der Waals surface area contributed by atoms with Gasteiger partial charge in [-0.15, -0.1) is 11.6 Å². The molecule has 1 fully saturated rings. The molecule has 1 aliphatic rings. The van der Waals surface area contributed by atoms with Crippen LogP contribution in [0, 0.1) is 0 Å². The van der Waals surface area contributed by atoms with Gasteiger partial charge in [-0.1, -0.05) is 0 Å². The summed E-state index contributed by atoms with van der Waals surface area (Å²) in [5.74, 6) is 0.162. The molecular formula is C11H15ClN5O6P. The number of aliphatic hydroxyl groups excluding tert-OH is 2. The summed E-state index contributed by atoms with van der Waals surface area (Å²) in [6.45, 7) is -0.418. The van der Waals surface area contributed by atoms with Crippen molar-refractivity contribution in [3.63, 3.8) is 0 Å². The van der Waals surface area contributed by atoms with E-state index in [1.165, 1.54) is 17.2 Å². The molecule has 0 radical (unpaired) electrons. The zero-order valence-electron chi connectivity index (χ0n) is 12.1. The first-order valence-electron chi connectivity index (χ1n) is 6.81. The van der Waals surface area contributed by atoms with E-state index in [1.54, 1.807) is 0 Å². The number of anilines is 1. The summed E-state index contributed by atoms with van der Waals surface area (Å²) in [6.07, 6.45) is -2.16. The fourth-order valence-electron chi connectivity index (χ4n) is 2.38. The van der Waals surface area contributed by atoms with Crippen LogP contribution in [-0.4, -0.2) is 65.2 Å². The van der Waals surface area contributed by atoms with Crippen molar-refractivity contribution in [1.82, 2.24) is 19.5 Å². The van der Waals surface area contributed by atoms with Gasteiger partial charge in [0.1, 0.15) is 35.8 Å². The van der Waals surface area contributed by atoms with Crippen LogP contribution in [0.4, 0.5) is 5.82 Å². The molecule has 3 rings (SSSR count). The average Bonchev–Trinajstić information content (AvgIpc) is 3.10. The molecule has 1 saturated heterocycles. The first-order chi connectivity index (χ1) is 11.3. The van der Waals surface area contributed by atoms with Gasteiger partial charge in [-0.3, -0.25) is 9.13 Å². The molecule has 1 aliphatic heterocycles. The number of fused-ring (bicyclic) bond motifs is 1. The second-order valence-electron chi connectivity index (χ2n) is 5.18. The summed E-state index contributed by atoms with van der Waals surface area (Å²) in [5.41, 5.74) is 5.74. The van der Waals surface area contributed by atoms with E-state index in [0.29, 0.717) is 11.2 Å². The van der Waals surface area contributed by atoms with E-state index in [2.05, 4.69) is 15.0 Å². The van der Waals surface area contributed by atoms with Gasteiger partial charge in [-0.25, -0.2) is 15.0 Å². The van der Waals surface area contributed by atoms with Crippen LogP contribution in [0.25, 0.3) is 11.2 Å². The van der Waals surface area contributed by atoms with E-state index >= 15 is 0 Å². The molecule has 0 amide bonds. The van der Waals surface area contributed by atoms with E-state index < -0.39 is 44.4 Å². The number of imidazole rings is 1. The maximum Gasteiger partial charge on any atom is 0.342 e. The molecule has 3 heterocycles. The molecule has 5 unspecified atom stereocenters. The third-order valence-electron chi connectivity index (χ3n) is 3.59. The van der Waals surface area contributed by atoms with Gasteiger partial charge in [0.25, 0.3) is 0 Å². The maximum absolute atomic E-state index is 11.4. The third kappa shape index (κ3) is 3.11. The van der Waals surface area contributed by atoms with E-state index in [1.807, 2.05) is 0 Å².